The maximum Gasteiger partial charge on any atom is 0.164 e. The summed E-state index contributed by atoms with van der Waals surface area (Å²) in [7, 11) is 3.13. The Balaban J connectivity index is 2.93. The zero-order valence-corrected chi connectivity index (χ0v) is 10.7. The molecule has 0 unspecified atom stereocenters. The van der Waals surface area contributed by atoms with Gasteiger partial charge in [0, 0.05) is 13.2 Å². The van der Waals surface area contributed by atoms with Crippen LogP contribution in [0.4, 0.5) is 4.39 Å². The van der Waals surface area contributed by atoms with Gasteiger partial charge in [-0.1, -0.05) is 13.8 Å². The molecule has 3 nitrogen and oxygen atoms in total. The van der Waals surface area contributed by atoms with E-state index >= 15 is 0 Å². The molecule has 1 aromatic rings. The lowest BCUT2D eigenvalue weighted by Crippen LogP contribution is -2.06. The minimum Gasteiger partial charge on any atom is -0.493 e. The summed E-state index contributed by atoms with van der Waals surface area (Å²) in [6.45, 7) is 4.69. The summed E-state index contributed by atoms with van der Waals surface area (Å²) >= 11 is 0. The molecule has 0 aliphatic heterocycles. The van der Waals surface area contributed by atoms with Gasteiger partial charge in [0.15, 0.2) is 11.5 Å². The number of methoxy groups -OCH3 is 2. The van der Waals surface area contributed by atoms with Crippen LogP contribution in [0.25, 0.3) is 0 Å². The van der Waals surface area contributed by atoms with Crippen LogP contribution in [0, 0.1) is 5.82 Å². The monoisotopic (exact) mass is 242 g/mol. The van der Waals surface area contributed by atoms with Gasteiger partial charge in [-0.2, -0.15) is 0 Å². The Morgan fingerprint density at radius 1 is 1.12 bits per heavy atom. The van der Waals surface area contributed by atoms with Crippen molar-refractivity contribution in [1.29, 1.82) is 0 Å². The summed E-state index contributed by atoms with van der Waals surface area (Å²) in [6.07, 6.45) is 0. The average Bonchev–Trinajstić information content (AvgIpc) is 2.29. The summed E-state index contributed by atoms with van der Waals surface area (Å²) in [5, 5.41) is 0. The van der Waals surface area contributed by atoms with Gasteiger partial charge in [0.25, 0.3) is 0 Å². The molecule has 0 N–H and O–H groups in total. The van der Waals surface area contributed by atoms with Crippen LogP contribution in [0.15, 0.2) is 12.1 Å². The lowest BCUT2D eigenvalue weighted by atomic mass is 10.0. The van der Waals surface area contributed by atoms with Crippen LogP contribution in [0.5, 0.6) is 11.5 Å². The second kappa shape index (κ2) is 6.45. The van der Waals surface area contributed by atoms with E-state index in [0.717, 1.165) is 0 Å². The Bertz CT molecular complexity index is 364. The molecule has 17 heavy (non-hydrogen) atoms. The Hall–Kier alpha value is -1.29. The Morgan fingerprint density at radius 2 is 1.82 bits per heavy atom. The third-order valence-electron chi connectivity index (χ3n) is 2.45. The third kappa shape index (κ3) is 3.60. The van der Waals surface area contributed by atoms with Gasteiger partial charge in [-0.3, -0.25) is 0 Å². The summed E-state index contributed by atoms with van der Waals surface area (Å²) < 4.78 is 29.2. The van der Waals surface area contributed by atoms with Gasteiger partial charge >= 0.3 is 0 Å². The van der Waals surface area contributed by atoms with Crippen molar-refractivity contribution in [3.63, 3.8) is 0 Å². The highest BCUT2D eigenvalue weighted by molar-refractivity contribution is 5.44. The number of hydrogen-bond acceptors (Lipinski definition) is 3. The van der Waals surface area contributed by atoms with Gasteiger partial charge in [0.05, 0.1) is 13.7 Å². The number of benzene rings is 1. The van der Waals surface area contributed by atoms with Gasteiger partial charge in [-0.25, -0.2) is 4.39 Å². The number of halogens is 1. The zero-order chi connectivity index (χ0) is 12.8. The van der Waals surface area contributed by atoms with E-state index in [4.69, 9.17) is 14.2 Å². The molecule has 0 atom stereocenters. The Labute approximate surface area is 101 Å². The summed E-state index contributed by atoms with van der Waals surface area (Å²) in [5.74, 6) is 0.794. The summed E-state index contributed by atoms with van der Waals surface area (Å²) in [6, 6.07) is 3.05. The Kier molecular flexibility index (Phi) is 5.22. The molecule has 0 spiro atoms. The van der Waals surface area contributed by atoms with Crippen molar-refractivity contribution in [3.8, 4) is 11.5 Å². The first-order valence-corrected chi connectivity index (χ1v) is 5.59. The summed E-state index contributed by atoms with van der Waals surface area (Å²) in [4.78, 5) is 0. The van der Waals surface area contributed by atoms with E-state index in [0.29, 0.717) is 30.3 Å². The highest BCUT2D eigenvalue weighted by atomic mass is 19.1. The normalized spacial score (nSPS) is 10.7. The SMILES string of the molecule is COCCOc1cc(F)c(C(C)C)cc1OC. The third-order valence-corrected chi connectivity index (χ3v) is 2.45. The largest absolute Gasteiger partial charge is 0.493 e. The fourth-order valence-corrected chi connectivity index (χ4v) is 1.50. The van der Waals surface area contributed by atoms with E-state index in [1.165, 1.54) is 6.07 Å². The van der Waals surface area contributed by atoms with Crippen LogP contribution < -0.4 is 9.47 Å². The van der Waals surface area contributed by atoms with Crippen LogP contribution in [0.3, 0.4) is 0 Å². The molecule has 96 valence electrons. The maximum atomic E-state index is 13.8. The lowest BCUT2D eigenvalue weighted by Gasteiger charge is -2.14. The standard InChI is InChI=1S/C13H19FO3/c1-9(2)10-7-12(16-4)13(8-11(10)14)17-6-5-15-3/h7-9H,5-6H2,1-4H3. The second-order valence-electron chi connectivity index (χ2n) is 4.02. The molecule has 0 radical (unpaired) electrons. The molecule has 0 heterocycles. The first-order valence-electron chi connectivity index (χ1n) is 5.59. The fourth-order valence-electron chi connectivity index (χ4n) is 1.50. The van der Waals surface area contributed by atoms with E-state index in [-0.39, 0.29) is 11.7 Å². The predicted molar refractivity (Wildman–Crippen MR) is 64.4 cm³/mol. The lowest BCUT2D eigenvalue weighted by molar-refractivity contribution is 0.144. The molecular formula is C13H19FO3. The van der Waals surface area contributed by atoms with E-state index in [1.54, 1.807) is 20.3 Å². The Morgan fingerprint density at radius 3 is 2.35 bits per heavy atom. The van der Waals surface area contributed by atoms with E-state index in [1.807, 2.05) is 13.8 Å². The van der Waals surface area contributed by atoms with Crippen molar-refractivity contribution < 1.29 is 18.6 Å². The summed E-state index contributed by atoms with van der Waals surface area (Å²) in [5.41, 5.74) is 0.626. The second-order valence-corrected chi connectivity index (χ2v) is 4.02. The van der Waals surface area contributed by atoms with Crippen molar-refractivity contribution >= 4 is 0 Å². The van der Waals surface area contributed by atoms with Crippen LogP contribution >= 0.6 is 0 Å². The molecule has 1 aromatic carbocycles. The maximum absolute atomic E-state index is 13.8. The van der Waals surface area contributed by atoms with Gasteiger partial charge < -0.3 is 14.2 Å². The molecular weight excluding hydrogens is 223 g/mol. The van der Waals surface area contributed by atoms with Crippen molar-refractivity contribution in [2.45, 2.75) is 19.8 Å². The van der Waals surface area contributed by atoms with Crippen molar-refractivity contribution in [1.82, 2.24) is 0 Å². The first kappa shape index (κ1) is 13.8. The van der Waals surface area contributed by atoms with Gasteiger partial charge in [0.2, 0.25) is 0 Å². The molecule has 0 amide bonds. The zero-order valence-electron chi connectivity index (χ0n) is 10.7. The van der Waals surface area contributed by atoms with E-state index in [9.17, 15) is 4.39 Å². The first-order chi connectivity index (χ1) is 8.10. The number of ether oxygens (including phenoxy) is 3. The molecule has 4 heteroatoms. The fraction of sp³-hybridized carbons (Fsp3) is 0.538. The quantitative estimate of drug-likeness (QED) is 0.718. The van der Waals surface area contributed by atoms with E-state index in [2.05, 4.69) is 0 Å². The van der Waals surface area contributed by atoms with Gasteiger partial charge in [0.1, 0.15) is 12.4 Å². The molecule has 1 rings (SSSR count). The molecule has 0 saturated carbocycles. The molecule has 0 saturated heterocycles. The number of hydrogen-bond donors (Lipinski definition) is 0. The smallest absolute Gasteiger partial charge is 0.164 e. The molecule has 0 aliphatic rings. The van der Waals surface area contributed by atoms with Gasteiger partial charge in [-0.15, -0.1) is 0 Å². The van der Waals surface area contributed by atoms with Crippen LogP contribution in [0.1, 0.15) is 25.3 Å². The van der Waals surface area contributed by atoms with Crippen LogP contribution in [-0.2, 0) is 4.74 Å². The van der Waals surface area contributed by atoms with E-state index < -0.39 is 0 Å². The minimum absolute atomic E-state index is 0.108. The van der Waals surface area contributed by atoms with Crippen molar-refractivity contribution in [3.05, 3.63) is 23.5 Å². The molecule has 0 fully saturated rings. The van der Waals surface area contributed by atoms with Crippen LogP contribution in [-0.4, -0.2) is 27.4 Å². The van der Waals surface area contributed by atoms with Crippen molar-refractivity contribution in [2.24, 2.45) is 0 Å². The highest BCUT2D eigenvalue weighted by Gasteiger charge is 2.13. The average molecular weight is 242 g/mol. The molecule has 0 aromatic heterocycles. The van der Waals surface area contributed by atoms with Gasteiger partial charge in [-0.05, 0) is 17.5 Å². The predicted octanol–water partition coefficient (Wildman–Crippen LogP) is 2.98. The number of rotatable bonds is 6. The van der Waals surface area contributed by atoms with Crippen molar-refractivity contribution in [2.75, 3.05) is 27.4 Å². The molecule has 0 bridgehead atoms. The highest BCUT2D eigenvalue weighted by Crippen LogP contribution is 2.33. The topological polar surface area (TPSA) is 27.7 Å². The minimum atomic E-state index is -0.270. The molecule has 0 aliphatic carbocycles. The van der Waals surface area contributed by atoms with Crippen LogP contribution in [0.2, 0.25) is 0 Å².